The highest BCUT2D eigenvalue weighted by Gasteiger charge is 2.14. The van der Waals surface area contributed by atoms with E-state index in [9.17, 15) is 4.79 Å². The fraction of sp³-hybridized carbons (Fsp3) is 0.0588. The number of amides is 1. The summed E-state index contributed by atoms with van der Waals surface area (Å²) >= 11 is 1.45. The highest BCUT2D eigenvalue weighted by molar-refractivity contribution is 7.09. The van der Waals surface area contributed by atoms with Gasteiger partial charge in [0.2, 0.25) is 0 Å². The maximum atomic E-state index is 12.4. The van der Waals surface area contributed by atoms with Crippen LogP contribution in [0.5, 0.6) is 0 Å². The molecule has 2 N–H and O–H groups in total. The molecule has 0 saturated carbocycles. The van der Waals surface area contributed by atoms with Gasteiger partial charge in [-0.3, -0.25) is 14.9 Å². The fourth-order valence-corrected chi connectivity index (χ4v) is 3.10. The van der Waals surface area contributed by atoms with Crippen molar-refractivity contribution in [2.75, 3.05) is 5.32 Å². The molecular formula is C17H13N5OS. The first-order chi connectivity index (χ1) is 11.7. The first-order valence-corrected chi connectivity index (χ1v) is 8.20. The standard InChI is InChI=1S/C17H13N5OS/c1-10-20-16(9-24-10)17(23)21-14-5-12(11-3-2-4-18-7-11)6-15-13(14)8-19-22-15/h2-9H,1H3,(H,19,22)(H,21,23). The van der Waals surface area contributed by atoms with Gasteiger partial charge in [0.1, 0.15) is 5.69 Å². The number of hydrogen-bond donors (Lipinski definition) is 2. The first kappa shape index (κ1) is 14.5. The minimum atomic E-state index is -0.231. The number of aromatic amines is 1. The number of carbonyl (C=O) groups is 1. The molecule has 0 saturated heterocycles. The number of fused-ring (bicyclic) bond motifs is 1. The second kappa shape index (κ2) is 5.86. The number of aryl methyl sites for hydroxylation is 1. The fourth-order valence-electron chi connectivity index (χ4n) is 2.51. The quantitative estimate of drug-likeness (QED) is 0.599. The maximum Gasteiger partial charge on any atom is 0.275 e. The number of anilines is 1. The van der Waals surface area contributed by atoms with Gasteiger partial charge < -0.3 is 5.32 Å². The second-order valence-electron chi connectivity index (χ2n) is 5.30. The lowest BCUT2D eigenvalue weighted by molar-refractivity contribution is 0.102. The molecule has 24 heavy (non-hydrogen) atoms. The SMILES string of the molecule is Cc1nc(C(=O)Nc2cc(-c3cccnc3)cc3[nH]ncc23)cs1. The molecule has 4 rings (SSSR count). The highest BCUT2D eigenvalue weighted by Crippen LogP contribution is 2.30. The van der Waals surface area contributed by atoms with Crippen molar-refractivity contribution in [3.8, 4) is 11.1 Å². The number of pyridine rings is 1. The summed E-state index contributed by atoms with van der Waals surface area (Å²) in [5.74, 6) is -0.231. The van der Waals surface area contributed by atoms with E-state index in [-0.39, 0.29) is 5.91 Å². The number of thiazole rings is 1. The van der Waals surface area contributed by atoms with E-state index < -0.39 is 0 Å². The lowest BCUT2D eigenvalue weighted by Crippen LogP contribution is -2.12. The number of rotatable bonds is 3. The minimum absolute atomic E-state index is 0.231. The van der Waals surface area contributed by atoms with Crippen LogP contribution in [0.3, 0.4) is 0 Å². The van der Waals surface area contributed by atoms with Gasteiger partial charge in [0.15, 0.2) is 0 Å². The van der Waals surface area contributed by atoms with Crippen LogP contribution in [0, 0.1) is 6.92 Å². The van der Waals surface area contributed by atoms with Gasteiger partial charge in [-0.1, -0.05) is 6.07 Å². The zero-order valence-electron chi connectivity index (χ0n) is 12.8. The Morgan fingerprint density at radius 2 is 2.17 bits per heavy atom. The first-order valence-electron chi connectivity index (χ1n) is 7.32. The molecule has 3 aromatic heterocycles. The summed E-state index contributed by atoms with van der Waals surface area (Å²) < 4.78 is 0. The smallest absolute Gasteiger partial charge is 0.275 e. The molecule has 1 amide bonds. The molecule has 0 spiro atoms. The molecule has 0 aliphatic heterocycles. The molecule has 0 aliphatic carbocycles. The normalized spacial score (nSPS) is 10.9. The molecular weight excluding hydrogens is 322 g/mol. The average Bonchev–Trinajstić information content (AvgIpc) is 3.24. The summed E-state index contributed by atoms with van der Waals surface area (Å²) in [5.41, 5.74) is 3.87. The molecule has 0 unspecified atom stereocenters. The van der Waals surface area contributed by atoms with Gasteiger partial charge in [0.05, 0.1) is 22.4 Å². The molecule has 6 nitrogen and oxygen atoms in total. The van der Waals surface area contributed by atoms with Crippen molar-refractivity contribution in [3.05, 3.63) is 58.9 Å². The van der Waals surface area contributed by atoms with Crippen molar-refractivity contribution in [1.82, 2.24) is 20.2 Å². The predicted octanol–water partition coefficient (Wildman–Crippen LogP) is 3.64. The predicted molar refractivity (Wildman–Crippen MR) is 94.1 cm³/mol. The van der Waals surface area contributed by atoms with Crippen LogP contribution in [0.15, 0.2) is 48.2 Å². The summed E-state index contributed by atoms with van der Waals surface area (Å²) in [6.07, 6.45) is 5.21. The molecule has 0 radical (unpaired) electrons. The third-order valence-electron chi connectivity index (χ3n) is 3.65. The summed E-state index contributed by atoms with van der Waals surface area (Å²) in [5, 5.41) is 13.4. The van der Waals surface area contributed by atoms with Gasteiger partial charge in [-0.25, -0.2) is 4.98 Å². The van der Waals surface area contributed by atoms with Gasteiger partial charge in [0, 0.05) is 28.7 Å². The van der Waals surface area contributed by atoms with Crippen LogP contribution in [0.4, 0.5) is 5.69 Å². The summed E-state index contributed by atoms with van der Waals surface area (Å²) in [4.78, 5) is 20.8. The Labute approximate surface area is 141 Å². The Bertz CT molecular complexity index is 1020. The van der Waals surface area contributed by atoms with E-state index in [1.165, 1.54) is 11.3 Å². The molecule has 7 heteroatoms. The van der Waals surface area contributed by atoms with E-state index in [0.29, 0.717) is 11.4 Å². The van der Waals surface area contributed by atoms with Crippen LogP contribution in [-0.4, -0.2) is 26.1 Å². The van der Waals surface area contributed by atoms with Gasteiger partial charge in [-0.2, -0.15) is 5.10 Å². The number of H-pyrrole nitrogens is 1. The molecule has 0 bridgehead atoms. The zero-order valence-corrected chi connectivity index (χ0v) is 13.6. The van der Waals surface area contributed by atoms with Crippen molar-refractivity contribution < 1.29 is 4.79 Å². The Hall–Kier alpha value is -3.06. The average molecular weight is 335 g/mol. The minimum Gasteiger partial charge on any atom is -0.320 e. The largest absolute Gasteiger partial charge is 0.320 e. The van der Waals surface area contributed by atoms with Crippen LogP contribution >= 0.6 is 11.3 Å². The highest BCUT2D eigenvalue weighted by atomic mass is 32.1. The third-order valence-corrected chi connectivity index (χ3v) is 4.43. The van der Waals surface area contributed by atoms with Gasteiger partial charge >= 0.3 is 0 Å². The molecule has 118 valence electrons. The molecule has 0 aliphatic rings. The number of carbonyl (C=O) groups excluding carboxylic acids is 1. The number of benzene rings is 1. The monoisotopic (exact) mass is 335 g/mol. The lowest BCUT2D eigenvalue weighted by atomic mass is 10.0. The van der Waals surface area contributed by atoms with Crippen molar-refractivity contribution in [2.45, 2.75) is 6.92 Å². The topological polar surface area (TPSA) is 83.6 Å². The zero-order chi connectivity index (χ0) is 16.5. The number of hydrogen-bond acceptors (Lipinski definition) is 5. The summed E-state index contributed by atoms with van der Waals surface area (Å²) in [6, 6.07) is 7.76. The molecule has 0 fully saturated rings. The Kier molecular flexibility index (Phi) is 3.55. The number of aromatic nitrogens is 4. The van der Waals surface area contributed by atoms with Crippen LogP contribution in [0.1, 0.15) is 15.5 Å². The van der Waals surface area contributed by atoms with Crippen LogP contribution in [0.2, 0.25) is 0 Å². The van der Waals surface area contributed by atoms with E-state index in [4.69, 9.17) is 0 Å². The maximum absolute atomic E-state index is 12.4. The molecule has 4 aromatic rings. The van der Waals surface area contributed by atoms with Gasteiger partial charge in [-0.05, 0) is 30.7 Å². The van der Waals surface area contributed by atoms with Crippen molar-refractivity contribution in [2.24, 2.45) is 0 Å². The van der Waals surface area contributed by atoms with Crippen LogP contribution in [0.25, 0.3) is 22.0 Å². The Morgan fingerprint density at radius 3 is 2.92 bits per heavy atom. The van der Waals surface area contributed by atoms with Crippen molar-refractivity contribution in [1.29, 1.82) is 0 Å². The van der Waals surface area contributed by atoms with Crippen molar-refractivity contribution in [3.63, 3.8) is 0 Å². The number of nitrogens with one attached hydrogen (secondary N) is 2. The van der Waals surface area contributed by atoms with Crippen LogP contribution < -0.4 is 5.32 Å². The summed E-state index contributed by atoms with van der Waals surface area (Å²) in [7, 11) is 0. The van der Waals surface area contributed by atoms with E-state index >= 15 is 0 Å². The van der Waals surface area contributed by atoms with E-state index in [2.05, 4.69) is 25.5 Å². The van der Waals surface area contributed by atoms with E-state index in [1.807, 2.05) is 31.2 Å². The third kappa shape index (κ3) is 2.65. The van der Waals surface area contributed by atoms with Crippen LogP contribution in [-0.2, 0) is 0 Å². The second-order valence-corrected chi connectivity index (χ2v) is 6.36. The molecule has 0 atom stereocenters. The number of nitrogens with zero attached hydrogens (tertiary/aromatic N) is 3. The molecule has 1 aromatic carbocycles. The Balaban J connectivity index is 1.76. The van der Waals surface area contributed by atoms with Crippen molar-refractivity contribution >= 4 is 33.8 Å². The lowest BCUT2D eigenvalue weighted by Gasteiger charge is -2.08. The van der Waals surface area contributed by atoms with Gasteiger partial charge in [-0.15, -0.1) is 11.3 Å². The Morgan fingerprint density at radius 1 is 1.25 bits per heavy atom. The van der Waals surface area contributed by atoms with E-state index in [1.54, 1.807) is 24.0 Å². The van der Waals surface area contributed by atoms with E-state index in [0.717, 1.165) is 27.0 Å². The van der Waals surface area contributed by atoms with Gasteiger partial charge in [0.25, 0.3) is 5.91 Å². The summed E-state index contributed by atoms with van der Waals surface area (Å²) in [6.45, 7) is 1.87. The molecule has 3 heterocycles.